The lowest BCUT2D eigenvalue weighted by Crippen LogP contribution is -1.79. The second-order valence-corrected chi connectivity index (χ2v) is 6.46. The van der Waals surface area contributed by atoms with Gasteiger partial charge in [-0.2, -0.15) is 0 Å². The summed E-state index contributed by atoms with van der Waals surface area (Å²) in [5, 5.41) is 5.44. The van der Waals surface area contributed by atoms with Crippen molar-refractivity contribution in [2.24, 2.45) is 0 Å². The van der Waals surface area contributed by atoms with Gasteiger partial charge in [0.25, 0.3) is 0 Å². The van der Waals surface area contributed by atoms with E-state index >= 15 is 0 Å². The third-order valence-corrected chi connectivity index (χ3v) is 4.73. The van der Waals surface area contributed by atoms with E-state index in [-0.39, 0.29) is 0 Å². The Morgan fingerprint density at radius 1 is 0.583 bits per heavy atom. The molecule has 0 N–H and O–H groups in total. The van der Waals surface area contributed by atoms with Gasteiger partial charge in [-0.25, -0.2) is 0 Å². The number of halogens is 1. The molecule has 0 amide bonds. The zero-order valence-electron chi connectivity index (χ0n) is 12.8. The van der Waals surface area contributed by atoms with Crippen LogP contribution in [0.15, 0.2) is 83.3 Å². The van der Waals surface area contributed by atoms with Gasteiger partial charge in [0, 0.05) is 15.8 Å². The molecule has 0 saturated carbocycles. The van der Waals surface area contributed by atoms with E-state index in [0.29, 0.717) is 0 Å². The lowest BCUT2D eigenvalue weighted by Gasteiger charge is -2.05. The van der Waals surface area contributed by atoms with Gasteiger partial charge in [-0.1, -0.05) is 54.1 Å². The van der Waals surface area contributed by atoms with Crippen LogP contribution in [0.25, 0.3) is 43.8 Å². The molecule has 0 aliphatic carbocycles. The molecule has 0 bridgehead atoms. The van der Waals surface area contributed by atoms with Gasteiger partial charge >= 0.3 is 0 Å². The fourth-order valence-corrected chi connectivity index (χ4v) is 3.51. The normalized spacial score (nSPS) is 11.5. The molecule has 0 aliphatic rings. The molecule has 5 aromatic rings. The summed E-state index contributed by atoms with van der Waals surface area (Å²) in [6, 6.07) is 26.9. The van der Waals surface area contributed by atoms with Crippen molar-refractivity contribution in [2.75, 3.05) is 0 Å². The Labute approximate surface area is 144 Å². The second kappa shape index (κ2) is 5.12. The number of fused-ring (bicyclic) bond motifs is 4. The lowest BCUT2D eigenvalue weighted by atomic mass is 10.00. The van der Waals surface area contributed by atoms with Gasteiger partial charge < -0.3 is 4.42 Å². The Morgan fingerprint density at radius 3 is 2.38 bits per heavy atom. The van der Waals surface area contributed by atoms with E-state index in [2.05, 4.69) is 42.5 Å². The highest BCUT2D eigenvalue weighted by Crippen LogP contribution is 2.34. The topological polar surface area (TPSA) is 13.1 Å². The zero-order chi connectivity index (χ0) is 16.1. The second-order valence-electron chi connectivity index (χ2n) is 6.02. The predicted octanol–water partition coefficient (Wildman–Crippen LogP) is 7.06. The van der Waals surface area contributed by atoms with E-state index in [1.54, 1.807) is 0 Å². The Kier molecular flexibility index (Phi) is 2.91. The molecule has 0 unspecified atom stereocenters. The molecule has 0 aliphatic heterocycles. The molecule has 5 rings (SSSR count). The van der Waals surface area contributed by atoms with Gasteiger partial charge in [-0.05, 0) is 58.3 Å². The van der Waals surface area contributed by atoms with Crippen LogP contribution in [-0.4, -0.2) is 0 Å². The van der Waals surface area contributed by atoms with Gasteiger partial charge in [0.05, 0.1) is 0 Å². The summed E-state index contributed by atoms with van der Waals surface area (Å²) in [4.78, 5) is 0. The quantitative estimate of drug-likeness (QED) is 0.321. The van der Waals surface area contributed by atoms with Gasteiger partial charge in [0.2, 0.25) is 0 Å². The highest BCUT2D eigenvalue weighted by molar-refractivity contribution is 6.30. The van der Waals surface area contributed by atoms with Crippen LogP contribution in [0.1, 0.15) is 0 Å². The molecule has 1 nitrogen and oxygen atoms in total. The van der Waals surface area contributed by atoms with Gasteiger partial charge in [-0.3, -0.25) is 0 Å². The van der Waals surface area contributed by atoms with E-state index in [1.807, 2.05) is 36.4 Å². The van der Waals surface area contributed by atoms with E-state index < -0.39 is 0 Å². The third kappa shape index (κ3) is 2.10. The monoisotopic (exact) mass is 328 g/mol. The van der Waals surface area contributed by atoms with Crippen molar-refractivity contribution < 1.29 is 4.42 Å². The number of hydrogen-bond acceptors (Lipinski definition) is 1. The Bertz CT molecular complexity index is 1220. The summed E-state index contributed by atoms with van der Waals surface area (Å²) in [5.41, 5.74) is 4.15. The van der Waals surface area contributed by atoms with Crippen LogP contribution in [0.3, 0.4) is 0 Å². The minimum Gasteiger partial charge on any atom is -0.456 e. The van der Waals surface area contributed by atoms with Crippen molar-refractivity contribution in [3.63, 3.8) is 0 Å². The van der Waals surface area contributed by atoms with Crippen molar-refractivity contribution >= 4 is 44.3 Å². The summed E-state index contributed by atoms with van der Waals surface area (Å²) in [6.45, 7) is 0. The van der Waals surface area contributed by atoms with Gasteiger partial charge in [0.1, 0.15) is 11.2 Å². The van der Waals surface area contributed by atoms with Crippen LogP contribution in [0, 0.1) is 0 Å². The Morgan fingerprint density at radius 2 is 1.46 bits per heavy atom. The average molecular weight is 329 g/mol. The third-order valence-electron chi connectivity index (χ3n) is 4.49. The van der Waals surface area contributed by atoms with Gasteiger partial charge in [0.15, 0.2) is 0 Å². The number of para-hydroxylation sites is 1. The molecule has 114 valence electrons. The van der Waals surface area contributed by atoms with Crippen LogP contribution >= 0.6 is 11.6 Å². The summed E-state index contributed by atoms with van der Waals surface area (Å²) in [5.74, 6) is 0. The maximum atomic E-state index is 6.13. The first-order valence-corrected chi connectivity index (χ1v) is 8.27. The van der Waals surface area contributed by atoms with E-state index in [0.717, 1.165) is 38.1 Å². The molecule has 4 aromatic carbocycles. The van der Waals surface area contributed by atoms with E-state index in [1.165, 1.54) is 10.8 Å². The summed E-state index contributed by atoms with van der Waals surface area (Å²) >= 11 is 6.13. The van der Waals surface area contributed by atoms with Crippen molar-refractivity contribution in [1.82, 2.24) is 0 Å². The Balaban J connectivity index is 1.79. The molecule has 0 spiro atoms. The first-order valence-electron chi connectivity index (χ1n) is 7.89. The molecule has 1 heterocycles. The summed E-state index contributed by atoms with van der Waals surface area (Å²) in [7, 11) is 0. The van der Waals surface area contributed by atoms with Crippen LogP contribution in [0.5, 0.6) is 0 Å². The number of furan rings is 1. The van der Waals surface area contributed by atoms with Crippen molar-refractivity contribution in [3.8, 4) is 11.1 Å². The first kappa shape index (κ1) is 13.6. The minimum atomic E-state index is 0.754. The average Bonchev–Trinajstić information content (AvgIpc) is 2.97. The minimum absolute atomic E-state index is 0.754. The standard InChI is InChI=1S/C22H13ClO/c23-18-5-3-4-14(11-18)15-8-9-16-13-22-20(12-17(16)10-15)19-6-1-2-7-21(19)24-22/h1-13H. The van der Waals surface area contributed by atoms with Crippen LogP contribution in [0.4, 0.5) is 0 Å². The smallest absolute Gasteiger partial charge is 0.136 e. The highest BCUT2D eigenvalue weighted by atomic mass is 35.5. The van der Waals surface area contributed by atoms with Crippen molar-refractivity contribution in [3.05, 3.63) is 83.9 Å². The highest BCUT2D eigenvalue weighted by Gasteiger charge is 2.08. The van der Waals surface area contributed by atoms with Crippen LogP contribution in [0.2, 0.25) is 5.02 Å². The molecule has 0 atom stereocenters. The molecule has 0 fully saturated rings. The number of rotatable bonds is 1. The number of hydrogen-bond donors (Lipinski definition) is 0. The maximum Gasteiger partial charge on any atom is 0.136 e. The molecule has 0 radical (unpaired) electrons. The van der Waals surface area contributed by atoms with Crippen LogP contribution in [-0.2, 0) is 0 Å². The lowest BCUT2D eigenvalue weighted by molar-refractivity contribution is 0.669. The molecule has 24 heavy (non-hydrogen) atoms. The molecular weight excluding hydrogens is 316 g/mol. The largest absolute Gasteiger partial charge is 0.456 e. The SMILES string of the molecule is Clc1cccc(-c2ccc3cc4oc5ccccc5c4cc3c2)c1. The molecule has 0 saturated heterocycles. The molecular formula is C22H13ClO. The fraction of sp³-hybridized carbons (Fsp3) is 0. The zero-order valence-corrected chi connectivity index (χ0v) is 13.5. The first-order chi connectivity index (χ1) is 11.8. The fourth-order valence-electron chi connectivity index (χ4n) is 3.32. The Hall–Kier alpha value is -2.77. The van der Waals surface area contributed by atoms with Crippen molar-refractivity contribution in [2.45, 2.75) is 0 Å². The maximum absolute atomic E-state index is 6.13. The summed E-state index contributed by atoms with van der Waals surface area (Å²) < 4.78 is 5.97. The van der Waals surface area contributed by atoms with E-state index in [9.17, 15) is 0 Å². The predicted molar refractivity (Wildman–Crippen MR) is 102 cm³/mol. The molecule has 1 aromatic heterocycles. The summed E-state index contributed by atoms with van der Waals surface area (Å²) in [6.07, 6.45) is 0. The number of benzene rings is 4. The van der Waals surface area contributed by atoms with Gasteiger partial charge in [-0.15, -0.1) is 0 Å². The van der Waals surface area contributed by atoms with Crippen molar-refractivity contribution in [1.29, 1.82) is 0 Å². The molecule has 2 heteroatoms. The van der Waals surface area contributed by atoms with Crippen LogP contribution < -0.4 is 0 Å². The van der Waals surface area contributed by atoms with E-state index in [4.69, 9.17) is 16.0 Å².